The van der Waals surface area contributed by atoms with Gasteiger partial charge in [-0.1, -0.05) is 301 Å². The summed E-state index contributed by atoms with van der Waals surface area (Å²) in [5.74, 6) is -0.835. The van der Waals surface area contributed by atoms with Crippen LogP contribution < -0.4 is 5.73 Å². The van der Waals surface area contributed by atoms with Crippen molar-refractivity contribution in [3.63, 3.8) is 0 Å². The highest BCUT2D eigenvalue weighted by Crippen LogP contribution is 2.43. The Morgan fingerprint density at radius 1 is 0.425 bits per heavy atom. The normalized spacial score (nSPS) is 13.2. The summed E-state index contributed by atoms with van der Waals surface area (Å²) >= 11 is 0. The van der Waals surface area contributed by atoms with Gasteiger partial charge in [0.2, 0.25) is 0 Å². The topological polar surface area (TPSA) is 134 Å². The van der Waals surface area contributed by atoms with Crippen LogP contribution in [-0.2, 0) is 32.7 Å². The van der Waals surface area contributed by atoms with E-state index in [9.17, 15) is 19.0 Å². The van der Waals surface area contributed by atoms with Crippen LogP contribution in [-0.4, -0.2) is 49.3 Å². The molecule has 0 rings (SSSR count). The predicted octanol–water partition coefficient (Wildman–Crippen LogP) is 20.0. The molecule has 9 nitrogen and oxygen atoms in total. The predicted molar refractivity (Wildman–Crippen MR) is 312 cm³/mol. The van der Waals surface area contributed by atoms with Crippen LogP contribution >= 0.6 is 7.82 Å². The van der Waals surface area contributed by atoms with Crippen LogP contribution in [0.1, 0.15) is 322 Å². The Hall–Kier alpha value is -1.77. The van der Waals surface area contributed by atoms with Crippen molar-refractivity contribution in [2.24, 2.45) is 5.73 Å². The molecule has 0 aromatic heterocycles. The maximum atomic E-state index is 12.6. The SMILES string of the molecule is CC/C=C\C/C=C\C/C=C\CCCCCCCC(=O)OC(COC(=O)CCCCCCCCCCCCCCCCCCCCCCCCCCCCCCCCCCCCCCC)COP(=O)(O)OCCN. The molecule has 0 saturated heterocycles. The molecule has 0 aliphatic heterocycles. The minimum Gasteiger partial charge on any atom is -0.462 e. The Bertz CT molecular complexity index is 1290. The molecule has 0 aromatic carbocycles. The maximum absolute atomic E-state index is 12.6. The second-order valence-electron chi connectivity index (χ2n) is 21.3. The van der Waals surface area contributed by atoms with E-state index in [0.29, 0.717) is 6.42 Å². The summed E-state index contributed by atoms with van der Waals surface area (Å²) in [6, 6.07) is 0. The molecule has 0 spiro atoms. The van der Waals surface area contributed by atoms with E-state index in [0.717, 1.165) is 70.6 Å². The quantitative estimate of drug-likeness (QED) is 0.0264. The first-order chi connectivity index (χ1) is 35.8. The number of carbonyl (C=O) groups excluding carboxylic acids is 2. The highest BCUT2D eigenvalue weighted by atomic mass is 31.2. The first-order valence-electron chi connectivity index (χ1n) is 31.5. The highest BCUT2D eigenvalue weighted by Gasteiger charge is 2.26. The van der Waals surface area contributed by atoms with Gasteiger partial charge in [-0.15, -0.1) is 0 Å². The molecule has 10 heteroatoms. The molecule has 0 saturated carbocycles. The molecular weight excluding hydrogens is 930 g/mol. The van der Waals surface area contributed by atoms with Crippen molar-refractivity contribution in [1.29, 1.82) is 0 Å². The number of carbonyl (C=O) groups is 2. The zero-order valence-electron chi connectivity index (χ0n) is 48.1. The Morgan fingerprint density at radius 2 is 0.753 bits per heavy atom. The van der Waals surface area contributed by atoms with E-state index < -0.39 is 26.5 Å². The van der Waals surface area contributed by atoms with Gasteiger partial charge in [0.25, 0.3) is 0 Å². The third-order valence-corrected chi connectivity index (χ3v) is 15.0. The average molecular weight is 1050 g/mol. The van der Waals surface area contributed by atoms with Crippen LogP contribution in [0.2, 0.25) is 0 Å². The van der Waals surface area contributed by atoms with Crippen molar-refractivity contribution in [2.45, 2.75) is 328 Å². The van der Waals surface area contributed by atoms with E-state index in [4.69, 9.17) is 24.3 Å². The van der Waals surface area contributed by atoms with Gasteiger partial charge in [0, 0.05) is 19.4 Å². The number of ether oxygens (including phenoxy) is 2. The molecule has 0 bridgehead atoms. The number of hydrogen-bond acceptors (Lipinski definition) is 8. The molecular formula is C63H120NO8P. The molecule has 3 N–H and O–H groups in total. The number of nitrogens with two attached hydrogens (primary N) is 1. The lowest BCUT2D eigenvalue weighted by molar-refractivity contribution is -0.161. The van der Waals surface area contributed by atoms with Crippen molar-refractivity contribution < 1.29 is 37.6 Å². The number of phosphoric acid groups is 1. The lowest BCUT2D eigenvalue weighted by Crippen LogP contribution is -2.29. The van der Waals surface area contributed by atoms with Crippen molar-refractivity contribution in [2.75, 3.05) is 26.4 Å². The van der Waals surface area contributed by atoms with Gasteiger partial charge in [-0.2, -0.15) is 0 Å². The summed E-state index contributed by atoms with van der Waals surface area (Å²) in [5, 5.41) is 0. The first-order valence-corrected chi connectivity index (χ1v) is 33.0. The van der Waals surface area contributed by atoms with Crippen molar-refractivity contribution in [3.05, 3.63) is 36.5 Å². The molecule has 73 heavy (non-hydrogen) atoms. The van der Waals surface area contributed by atoms with Crippen LogP contribution in [0, 0.1) is 0 Å². The zero-order valence-corrected chi connectivity index (χ0v) is 49.0. The molecule has 430 valence electrons. The molecule has 0 aromatic rings. The number of phosphoric ester groups is 1. The second-order valence-corrected chi connectivity index (χ2v) is 22.7. The van der Waals surface area contributed by atoms with E-state index >= 15 is 0 Å². The van der Waals surface area contributed by atoms with Crippen LogP contribution in [0.3, 0.4) is 0 Å². The van der Waals surface area contributed by atoms with Gasteiger partial charge in [-0.05, 0) is 44.9 Å². The summed E-state index contributed by atoms with van der Waals surface area (Å²) in [6.07, 6.45) is 72.6. The van der Waals surface area contributed by atoms with E-state index in [1.54, 1.807) is 0 Å². The molecule has 0 aliphatic carbocycles. The number of allylic oxidation sites excluding steroid dienone is 6. The van der Waals surface area contributed by atoms with Gasteiger partial charge in [0.05, 0.1) is 13.2 Å². The number of hydrogen-bond donors (Lipinski definition) is 2. The molecule has 0 heterocycles. The number of rotatable bonds is 60. The standard InChI is InChI=1S/C63H120NO8P/c1-3-5-7-9-11-13-15-17-19-20-21-22-23-24-25-26-27-28-29-30-31-32-33-34-35-36-37-38-39-40-42-43-45-47-49-51-53-55-62(65)69-59-61(60-71-73(67,68)70-58-57-64)72-63(66)56-54-52-50-48-46-44-41-18-16-14-12-10-8-6-4-2/h6,8,12,14,18,41,61H,3-5,7,9-11,13,15-17,19-40,42-60,64H2,1-2H3,(H,67,68)/b8-6-,14-12-,41-18-. The zero-order chi connectivity index (χ0) is 53.1. The van der Waals surface area contributed by atoms with E-state index in [1.165, 1.54) is 218 Å². The Balaban J connectivity index is 3.74. The van der Waals surface area contributed by atoms with E-state index in [1.807, 2.05) is 0 Å². The monoisotopic (exact) mass is 1050 g/mol. The summed E-state index contributed by atoms with van der Waals surface area (Å²) in [4.78, 5) is 35.1. The molecule has 0 fully saturated rings. The van der Waals surface area contributed by atoms with E-state index in [2.05, 4.69) is 50.3 Å². The summed E-state index contributed by atoms with van der Waals surface area (Å²) < 4.78 is 33.0. The van der Waals surface area contributed by atoms with Crippen LogP contribution in [0.5, 0.6) is 0 Å². The number of esters is 2. The second kappa shape index (κ2) is 59.5. The van der Waals surface area contributed by atoms with Gasteiger partial charge in [0.15, 0.2) is 6.10 Å². The smallest absolute Gasteiger partial charge is 0.462 e. The Morgan fingerprint density at radius 3 is 1.12 bits per heavy atom. The molecule has 2 unspecified atom stereocenters. The minimum absolute atomic E-state index is 0.0510. The molecule has 0 radical (unpaired) electrons. The number of unbranched alkanes of at least 4 members (excludes halogenated alkanes) is 41. The first kappa shape index (κ1) is 71.2. The fourth-order valence-electron chi connectivity index (χ4n) is 9.42. The fraction of sp³-hybridized carbons (Fsp3) is 0.873. The molecule has 0 amide bonds. The molecule has 0 aliphatic rings. The van der Waals surface area contributed by atoms with Gasteiger partial charge in [-0.25, -0.2) is 4.57 Å². The lowest BCUT2D eigenvalue weighted by atomic mass is 10.0. The lowest BCUT2D eigenvalue weighted by Gasteiger charge is -2.19. The fourth-order valence-corrected chi connectivity index (χ4v) is 10.2. The third-order valence-electron chi connectivity index (χ3n) is 14.0. The molecule has 2 atom stereocenters. The van der Waals surface area contributed by atoms with Gasteiger partial charge >= 0.3 is 19.8 Å². The van der Waals surface area contributed by atoms with Crippen LogP contribution in [0.25, 0.3) is 0 Å². The van der Waals surface area contributed by atoms with Crippen LogP contribution in [0.15, 0.2) is 36.5 Å². The summed E-state index contributed by atoms with van der Waals surface area (Å²) in [7, 11) is -4.39. The maximum Gasteiger partial charge on any atom is 0.472 e. The summed E-state index contributed by atoms with van der Waals surface area (Å²) in [6.45, 7) is 3.65. The minimum atomic E-state index is -4.39. The highest BCUT2D eigenvalue weighted by molar-refractivity contribution is 7.47. The largest absolute Gasteiger partial charge is 0.472 e. The summed E-state index contributed by atoms with van der Waals surface area (Å²) in [5.41, 5.74) is 5.38. The average Bonchev–Trinajstić information content (AvgIpc) is 3.38. The van der Waals surface area contributed by atoms with Crippen molar-refractivity contribution in [3.8, 4) is 0 Å². The van der Waals surface area contributed by atoms with Crippen molar-refractivity contribution >= 4 is 19.8 Å². The van der Waals surface area contributed by atoms with Gasteiger partial charge < -0.3 is 20.1 Å². The Kier molecular flexibility index (Phi) is 58.0. The van der Waals surface area contributed by atoms with Gasteiger partial charge in [0.1, 0.15) is 6.61 Å². The third kappa shape index (κ3) is 59.3. The van der Waals surface area contributed by atoms with Crippen LogP contribution in [0.4, 0.5) is 0 Å². The van der Waals surface area contributed by atoms with Gasteiger partial charge in [-0.3, -0.25) is 18.6 Å². The Labute approximate surface area is 452 Å². The van der Waals surface area contributed by atoms with E-state index in [-0.39, 0.29) is 38.6 Å². The van der Waals surface area contributed by atoms with Crippen molar-refractivity contribution in [1.82, 2.24) is 0 Å².